The topological polar surface area (TPSA) is 71.8 Å². The third kappa shape index (κ3) is 4.43. The number of piperidine rings is 1. The Labute approximate surface area is 177 Å². The molecule has 152 valence electrons. The van der Waals surface area contributed by atoms with Crippen molar-refractivity contribution in [2.75, 3.05) is 20.2 Å². The summed E-state index contributed by atoms with van der Waals surface area (Å²) in [7, 11) is 1.38. The fourth-order valence-corrected chi connectivity index (χ4v) is 5.31. The lowest BCUT2D eigenvalue weighted by atomic mass is 10.0. The molecule has 6 nitrogen and oxygen atoms in total. The molecule has 1 fully saturated rings. The van der Waals surface area contributed by atoms with Crippen molar-refractivity contribution < 1.29 is 18.7 Å². The number of fused-ring (bicyclic) bond motifs is 1. The van der Waals surface area contributed by atoms with Gasteiger partial charge in [0.05, 0.1) is 11.3 Å². The molecule has 0 unspecified atom stereocenters. The Balaban J connectivity index is 1.48. The van der Waals surface area contributed by atoms with Crippen LogP contribution in [0.1, 0.15) is 29.0 Å². The molecule has 2 aromatic heterocycles. The molecule has 8 heteroatoms. The second-order valence-electron chi connectivity index (χ2n) is 6.83. The maximum atomic E-state index is 13.0. The standard InChI is InChI=1S/C21H22N2O4S2/c1-26-21(25)23-10-8-14(9-11-23)22-20(24)19-16(13-29-18-7-4-12-28-18)15-5-2-3-6-17(15)27-19/h2-7,12,14H,8-11,13H2,1H3,(H,22,24). The molecule has 1 aliphatic heterocycles. The lowest BCUT2D eigenvalue weighted by Gasteiger charge is -2.31. The molecule has 3 heterocycles. The van der Waals surface area contributed by atoms with E-state index in [1.165, 1.54) is 11.3 Å². The molecule has 0 bridgehead atoms. The number of hydrogen-bond acceptors (Lipinski definition) is 6. The number of amides is 2. The molecule has 1 saturated heterocycles. The van der Waals surface area contributed by atoms with Gasteiger partial charge < -0.3 is 19.4 Å². The Kier molecular flexibility index (Phi) is 6.10. The van der Waals surface area contributed by atoms with Crippen LogP contribution in [0.5, 0.6) is 0 Å². The monoisotopic (exact) mass is 430 g/mol. The van der Waals surface area contributed by atoms with Crippen molar-refractivity contribution in [1.82, 2.24) is 10.2 Å². The number of furan rings is 1. The summed E-state index contributed by atoms with van der Waals surface area (Å²) in [6.45, 7) is 1.14. The molecule has 1 N–H and O–H groups in total. The normalized spacial score (nSPS) is 14.9. The van der Waals surface area contributed by atoms with Crippen LogP contribution < -0.4 is 5.32 Å². The maximum Gasteiger partial charge on any atom is 0.409 e. The Morgan fingerprint density at radius 3 is 2.76 bits per heavy atom. The number of carbonyl (C=O) groups is 2. The number of nitrogens with zero attached hydrogens (tertiary/aromatic N) is 1. The minimum absolute atomic E-state index is 0.00872. The maximum absolute atomic E-state index is 13.0. The fraction of sp³-hybridized carbons (Fsp3) is 0.333. The van der Waals surface area contributed by atoms with Gasteiger partial charge in [-0.25, -0.2) is 4.79 Å². The van der Waals surface area contributed by atoms with E-state index in [9.17, 15) is 9.59 Å². The highest BCUT2D eigenvalue weighted by Crippen LogP contribution is 2.33. The quantitative estimate of drug-likeness (QED) is 0.592. The number of para-hydroxylation sites is 1. The largest absolute Gasteiger partial charge is 0.453 e. The van der Waals surface area contributed by atoms with E-state index in [1.807, 2.05) is 35.7 Å². The summed E-state index contributed by atoms with van der Waals surface area (Å²) in [5, 5.41) is 6.11. The number of benzene rings is 1. The Morgan fingerprint density at radius 2 is 2.03 bits per heavy atom. The molecule has 2 amide bonds. The first-order chi connectivity index (χ1) is 14.2. The highest BCUT2D eigenvalue weighted by atomic mass is 32.2. The van der Waals surface area contributed by atoms with Gasteiger partial charge in [0.1, 0.15) is 5.58 Å². The minimum atomic E-state index is -0.319. The predicted octanol–water partition coefficient (Wildman–Crippen LogP) is 4.75. The number of likely N-dealkylation sites (tertiary alicyclic amines) is 1. The van der Waals surface area contributed by atoms with Crippen molar-refractivity contribution in [3.8, 4) is 0 Å². The molecule has 3 aromatic rings. The van der Waals surface area contributed by atoms with E-state index in [2.05, 4.69) is 11.4 Å². The van der Waals surface area contributed by atoms with Crippen LogP contribution in [0, 0.1) is 0 Å². The van der Waals surface area contributed by atoms with E-state index in [0.717, 1.165) is 16.5 Å². The molecule has 1 aromatic carbocycles. The van der Waals surface area contributed by atoms with E-state index in [-0.39, 0.29) is 18.0 Å². The van der Waals surface area contributed by atoms with Crippen molar-refractivity contribution in [1.29, 1.82) is 0 Å². The summed E-state index contributed by atoms with van der Waals surface area (Å²) in [6, 6.07) is 11.9. The van der Waals surface area contributed by atoms with E-state index >= 15 is 0 Å². The molecule has 1 aliphatic rings. The van der Waals surface area contributed by atoms with Crippen LogP contribution in [0.25, 0.3) is 11.0 Å². The van der Waals surface area contributed by atoms with Crippen molar-refractivity contribution in [2.45, 2.75) is 28.8 Å². The molecule has 0 saturated carbocycles. The van der Waals surface area contributed by atoms with E-state index in [1.54, 1.807) is 28.0 Å². The van der Waals surface area contributed by atoms with Crippen molar-refractivity contribution in [3.63, 3.8) is 0 Å². The Hall–Kier alpha value is -2.45. The average molecular weight is 431 g/mol. The Morgan fingerprint density at radius 1 is 1.24 bits per heavy atom. The molecular weight excluding hydrogens is 408 g/mol. The summed E-state index contributed by atoms with van der Waals surface area (Å²) in [5.41, 5.74) is 1.64. The number of nitrogens with one attached hydrogen (secondary N) is 1. The van der Waals surface area contributed by atoms with Crippen LogP contribution in [0.2, 0.25) is 0 Å². The molecule has 0 atom stereocenters. The van der Waals surface area contributed by atoms with E-state index in [4.69, 9.17) is 9.15 Å². The van der Waals surface area contributed by atoms with Crippen molar-refractivity contribution in [2.24, 2.45) is 0 Å². The van der Waals surface area contributed by atoms with Crippen molar-refractivity contribution in [3.05, 3.63) is 53.1 Å². The number of thiophene rings is 1. The van der Waals surface area contributed by atoms with Gasteiger partial charge in [-0.15, -0.1) is 23.1 Å². The van der Waals surface area contributed by atoms with Crippen LogP contribution in [-0.4, -0.2) is 43.1 Å². The summed E-state index contributed by atoms with van der Waals surface area (Å²) in [6.07, 6.45) is 1.07. The zero-order valence-electron chi connectivity index (χ0n) is 16.1. The number of methoxy groups -OCH3 is 1. The Bertz CT molecular complexity index is 991. The van der Waals surface area contributed by atoms with Gasteiger partial charge in [0.15, 0.2) is 5.76 Å². The first kappa shape index (κ1) is 19.8. The predicted molar refractivity (Wildman–Crippen MR) is 115 cm³/mol. The van der Waals surface area contributed by atoms with Crippen LogP contribution in [-0.2, 0) is 10.5 Å². The second kappa shape index (κ2) is 8.92. The summed E-state index contributed by atoms with van der Waals surface area (Å²) in [4.78, 5) is 26.3. The number of carbonyl (C=O) groups excluding carboxylic acids is 2. The summed E-state index contributed by atoms with van der Waals surface area (Å²) >= 11 is 3.39. The fourth-order valence-electron chi connectivity index (χ4n) is 3.50. The van der Waals surface area contributed by atoms with Crippen LogP contribution in [0.4, 0.5) is 4.79 Å². The second-order valence-corrected chi connectivity index (χ2v) is 9.05. The first-order valence-electron chi connectivity index (χ1n) is 9.46. The lowest BCUT2D eigenvalue weighted by molar-refractivity contribution is 0.0868. The zero-order chi connectivity index (χ0) is 20.2. The SMILES string of the molecule is COC(=O)N1CCC(NC(=O)c2oc3ccccc3c2CSc2cccs2)CC1. The van der Waals surface area contributed by atoms with Gasteiger partial charge >= 0.3 is 6.09 Å². The molecule has 4 rings (SSSR count). The number of thioether (sulfide) groups is 1. The van der Waals surface area contributed by atoms with Crippen LogP contribution in [0.15, 0.2) is 50.4 Å². The van der Waals surface area contributed by atoms with Gasteiger partial charge in [-0.3, -0.25) is 4.79 Å². The number of rotatable bonds is 5. The summed E-state index contributed by atoms with van der Waals surface area (Å²) < 4.78 is 11.9. The first-order valence-corrected chi connectivity index (χ1v) is 11.3. The van der Waals surface area contributed by atoms with Gasteiger partial charge in [-0.05, 0) is 30.4 Å². The smallest absolute Gasteiger partial charge is 0.409 e. The lowest BCUT2D eigenvalue weighted by Crippen LogP contribution is -2.46. The molecule has 0 spiro atoms. The average Bonchev–Trinajstić information content (AvgIpc) is 3.40. The van der Waals surface area contributed by atoms with Crippen LogP contribution in [0.3, 0.4) is 0 Å². The minimum Gasteiger partial charge on any atom is -0.453 e. The van der Waals surface area contributed by atoms with Gasteiger partial charge in [-0.1, -0.05) is 24.3 Å². The van der Waals surface area contributed by atoms with E-state index < -0.39 is 0 Å². The third-order valence-electron chi connectivity index (χ3n) is 5.02. The van der Waals surface area contributed by atoms with Gasteiger partial charge in [0.25, 0.3) is 5.91 Å². The third-order valence-corrected chi connectivity index (χ3v) is 7.18. The molecular formula is C21H22N2O4S2. The van der Waals surface area contributed by atoms with Gasteiger partial charge in [0, 0.05) is 35.8 Å². The highest BCUT2D eigenvalue weighted by Gasteiger charge is 2.27. The van der Waals surface area contributed by atoms with Crippen LogP contribution >= 0.6 is 23.1 Å². The zero-order valence-corrected chi connectivity index (χ0v) is 17.7. The van der Waals surface area contributed by atoms with Gasteiger partial charge in [0.2, 0.25) is 0 Å². The number of hydrogen-bond donors (Lipinski definition) is 1. The molecule has 0 aliphatic carbocycles. The van der Waals surface area contributed by atoms with Crippen molar-refractivity contribution >= 4 is 46.1 Å². The van der Waals surface area contributed by atoms with E-state index in [0.29, 0.717) is 37.4 Å². The molecule has 0 radical (unpaired) electrons. The highest BCUT2D eigenvalue weighted by molar-refractivity contribution is 8.00. The summed E-state index contributed by atoms with van der Waals surface area (Å²) in [5.74, 6) is 0.853. The van der Waals surface area contributed by atoms with Gasteiger partial charge in [-0.2, -0.15) is 0 Å². The number of ether oxygens (including phenoxy) is 1. The molecule has 29 heavy (non-hydrogen) atoms.